The maximum absolute atomic E-state index is 12.1. The van der Waals surface area contributed by atoms with Crippen molar-refractivity contribution in [1.29, 1.82) is 10.5 Å². The Kier molecular flexibility index (Phi) is 4.93. The molecule has 0 spiro atoms. The van der Waals surface area contributed by atoms with Crippen molar-refractivity contribution in [2.45, 2.75) is 0 Å². The number of benzene rings is 2. The molecule has 0 atom stereocenters. The number of amides is 1. The SMILES string of the molecule is N#CC(=Cc1ccc(C#N)cc1)C(=O)Nc1ccccc1Cl. The molecule has 0 saturated carbocycles. The fourth-order valence-electron chi connectivity index (χ4n) is 1.72. The highest BCUT2D eigenvalue weighted by Crippen LogP contribution is 2.21. The normalized spacial score (nSPS) is 10.4. The zero-order chi connectivity index (χ0) is 15.9. The molecule has 22 heavy (non-hydrogen) atoms. The lowest BCUT2D eigenvalue weighted by molar-refractivity contribution is -0.112. The monoisotopic (exact) mass is 307 g/mol. The van der Waals surface area contributed by atoms with Gasteiger partial charge in [0.1, 0.15) is 11.6 Å². The van der Waals surface area contributed by atoms with Crippen LogP contribution in [0.3, 0.4) is 0 Å². The van der Waals surface area contributed by atoms with E-state index in [2.05, 4.69) is 5.32 Å². The van der Waals surface area contributed by atoms with Crippen molar-refractivity contribution in [2.24, 2.45) is 0 Å². The van der Waals surface area contributed by atoms with E-state index < -0.39 is 5.91 Å². The second kappa shape index (κ2) is 7.08. The van der Waals surface area contributed by atoms with E-state index in [0.717, 1.165) is 0 Å². The number of nitriles is 2. The summed E-state index contributed by atoms with van der Waals surface area (Å²) >= 11 is 5.96. The van der Waals surface area contributed by atoms with E-state index in [4.69, 9.17) is 22.1 Å². The fraction of sp³-hybridized carbons (Fsp3) is 0. The van der Waals surface area contributed by atoms with Crippen molar-refractivity contribution >= 4 is 29.3 Å². The molecule has 0 saturated heterocycles. The molecule has 0 aliphatic heterocycles. The van der Waals surface area contributed by atoms with Crippen molar-refractivity contribution in [3.05, 3.63) is 70.3 Å². The van der Waals surface area contributed by atoms with Crippen LogP contribution >= 0.6 is 11.6 Å². The van der Waals surface area contributed by atoms with E-state index in [9.17, 15) is 4.79 Å². The van der Waals surface area contributed by atoms with Crippen LogP contribution in [0.5, 0.6) is 0 Å². The minimum absolute atomic E-state index is 0.0513. The van der Waals surface area contributed by atoms with Crippen LogP contribution in [0, 0.1) is 22.7 Å². The Balaban J connectivity index is 2.22. The molecule has 0 unspecified atom stereocenters. The van der Waals surface area contributed by atoms with E-state index in [1.807, 2.05) is 12.1 Å². The van der Waals surface area contributed by atoms with Gasteiger partial charge in [-0.3, -0.25) is 4.79 Å². The van der Waals surface area contributed by atoms with Gasteiger partial charge in [0.2, 0.25) is 0 Å². The maximum Gasteiger partial charge on any atom is 0.266 e. The van der Waals surface area contributed by atoms with Crippen LogP contribution in [0.15, 0.2) is 54.1 Å². The first-order valence-electron chi connectivity index (χ1n) is 6.32. The molecular formula is C17H10ClN3O. The van der Waals surface area contributed by atoms with Crippen LogP contribution < -0.4 is 5.32 Å². The maximum atomic E-state index is 12.1. The summed E-state index contributed by atoms with van der Waals surface area (Å²) < 4.78 is 0. The number of anilines is 1. The number of nitrogens with zero attached hydrogens (tertiary/aromatic N) is 2. The van der Waals surface area contributed by atoms with E-state index >= 15 is 0 Å². The summed E-state index contributed by atoms with van der Waals surface area (Å²) in [6, 6.07) is 17.2. The summed E-state index contributed by atoms with van der Waals surface area (Å²) in [5, 5.41) is 20.9. The molecule has 106 valence electrons. The molecule has 2 aromatic carbocycles. The number of hydrogen-bond acceptors (Lipinski definition) is 3. The molecular weight excluding hydrogens is 298 g/mol. The molecule has 5 heteroatoms. The molecule has 0 bridgehead atoms. The first-order valence-corrected chi connectivity index (χ1v) is 6.69. The lowest BCUT2D eigenvalue weighted by atomic mass is 10.1. The summed E-state index contributed by atoms with van der Waals surface area (Å²) in [6.45, 7) is 0. The number of carbonyl (C=O) groups is 1. The highest BCUT2D eigenvalue weighted by atomic mass is 35.5. The molecule has 2 aromatic rings. The third-order valence-electron chi connectivity index (χ3n) is 2.84. The molecule has 0 fully saturated rings. The van der Waals surface area contributed by atoms with E-state index in [0.29, 0.717) is 21.8 Å². The van der Waals surface area contributed by atoms with Crippen LogP contribution in [0.4, 0.5) is 5.69 Å². The van der Waals surface area contributed by atoms with Crippen molar-refractivity contribution < 1.29 is 4.79 Å². The molecule has 0 aromatic heterocycles. The lowest BCUT2D eigenvalue weighted by Gasteiger charge is -2.06. The quantitative estimate of drug-likeness (QED) is 0.693. The van der Waals surface area contributed by atoms with Crippen molar-refractivity contribution in [3.63, 3.8) is 0 Å². The Hall–Kier alpha value is -3.08. The Morgan fingerprint density at radius 1 is 1.09 bits per heavy atom. The number of rotatable bonds is 3. The zero-order valence-corrected chi connectivity index (χ0v) is 12.1. The van der Waals surface area contributed by atoms with Gasteiger partial charge in [-0.25, -0.2) is 0 Å². The second-order valence-corrected chi connectivity index (χ2v) is 4.74. The predicted octanol–water partition coefficient (Wildman–Crippen LogP) is 3.76. The summed E-state index contributed by atoms with van der Waals surface area (Å²) in [5.41, 5.74) is 1.56. The van der Waals surface area contributed by atoms with Gasteiger partial charge in [-0.15, -0.1) is 0 Å². The van der Waals surface area contributed by atoms with Gasteiger partial charge >= 0.3 is 0 Å². The standard InChI is InChI=1S/C17H10ClN3O/c18-15-3-1-2-4-16(15)21-17(22)14(11-20)9-12-5-7-13(10-19)8-6-12/h1-9H,(H,21,22). The van der Waals surface area contributed by atoms with Gasteiger partial charge in [0.25, 0.3) is 5.91 Å². The van der Waals surface area contributed by atoms with Crippen molar-refractivity contribution in [2.75, 3.05) is 5.32 Å². The van der Waals surface area contributed by atoms with E-state index in [1.165, 1.54) is 6.08 Å². The Morgan fingerprint density at radius 3 is 2.36 bits per heavy atom. The summed E-state index contributed by atoms with van der Waals surface area (Å²) in [6.07, 6.45) is 1.45. The van der Waals surface area contributed by atoms with Gasteiger partial charge in [0.05, 0.1) is 22.3 Å². The summed E-state index contributed by atoms with van der Waals surface area (Å²) in [5.74, 6) is -0.542. The number of hydrogen-bond donors (Lipinski definition) is 1. The molecule has 1 N–H and O–H groups in total. The second-order valence-electron chi connectivity index (χ2n) is 4.34. The first-order chi connectivity index (χ1) is 10.6. The van der Waals surface area contributed by atoms with Gasteiger partial charge in [-0.2, -0.15) is 10.5 Å². The highest BCUT2D eigenvalue weighted by Gasteiger charge is 2.11. The number of carbonyl (C=O) groups excluding carboxylic acids is 1. The molecule has 4 nitrogen and oxygen atoms in total. The molecule has 1 amide bonds. The largest absolute Gasteiger partial charge is 0.320 e. The molecule has 0 aliphatic rings. The summed E-state index contributed by atoms with van der Waals surface area (Å²) in [4.78, 5) is 12.1. The Bertz CT molecular complexity index is 811. The van der Waals surface area contributed by atoms with Crippen LogP contribution in [-0.2, 0) is 4.79 Å². The minimum atomic E-state index is -0.542. The molecule has 0 heterocycles. The summed E-state index contributed by atoms with van der Waals surface area (Å²) in [7, 11) is 0. The lowest BCUT2D eigenvalue weighted by Crippen LogP contribution is -2.13. The van der Waals surface area contributed by atoms with Crippen LogP contribution in [0.25, 0.3) is 6.08 Å². The smallest absolute Gasteiger partial charge is 0.266 e. The van der Waals surface area contributed by atoms with Crippen LogP contribution in [-0.4, -0.2) is 5.91 Å². The minimum Gasteiger partial charge on any atom is -0.320 e. The average molecular weight is 308 g/mol. The number of nitrogens with one attached hydrogen (secondary N) is 1. The van der Waals surface area contributed by atoms with Crippen LogP contribution in [0.1, 0.15) is 11.1 Å². The number of para-hydroxylation sites is 1. The van der Waals surface area contributed by atoms with Crippen LogP contribution in [0.2, 0.25) is 5.02 Å². The predicted molar refractivity (Wildman–Crippen MR) is 84.8 cm³/mol. The van der Waals surface area contributed by atoms with E-state index in [-0.39, 0.29) is 5.57 Å². The van der Waals surface area contributed by atoms with Gasteiger partial charge in [0, 0.05) is 0 Å². The molecule has 2 rings (SSSR count). The van der Waals surface area contributed by atoms with Crippen molar-refractivity contribution in [3.8, 4) is 12.1 Å². The third kappa shape index (κ3) is 3.73. The van der Waals surface area contributed by atoms with Gasteiger partial charge in [-0.1, -0.05) is 35.9 Å². The fourth-order valence-corrected chi connectivity index (χ4v) is 1.90. The Labute approximate surface area is 132 Å². The van der Waals surface area contributed by atoms with Gasteiger partial charge < -0.3 is 5.32 Å². The molecule has 0 radical (unpaired) electrons. The van der Waals surface area contributed by atoms with Gasteiger partial charge in [-0.05, 0) is 35.9 Å². The Morgan fingerprint density at radius 2 is 1.77 bits per heavy atom. The number of halogens is 1. The van der Waals surface area contributed by atoms with E-state index in [1.54, 1.807) is 48.5 Å². The van der Waals surface area contributed by atoms with Crippen molar-refractivity contribution in [1.82, 2.24) is 0 Å². The zero-order valence-electron chi connectivity index (χ0n) is 11.4. The third-order valence-corrected chi connectivity index (χ3v) is 3.17. The molecule has 0 aliphatic carbocycles. The first kappa shape index (κ1) is 15.3. The average Bonchev–Trinajstić information content (AvgIpc) is 2.55. The highest BCUT2D eigenvalue weighted by molar-refractivity contribution is 6.34. The van der Waals surface area contributed by atoms with Gasteiger partial charge in [0.15, 0.2) is 0 Å². The topological polar surface area (TPSA) is 76.7 Å².